The van der Waals surface area contributed by atoms with Gasteiger partial charge in [0.25, 0.3) is 0 Å². The van der Waals surface area contributed by atoms with E-state index in [2.05, 4.69) is 20.7 Å². The lowest BCUT2D eigenvalue weighted by Crippen LogP contribution is -2.25. The van der Waals surface area contributed by atoms with E-state index in [9.17, 15) is 8.42 Å². The van der Waals surface area contributed by atoms with Crippen LogP contribution in [-0.4, -0.2) is 21.5 Å². The van der Waals surface area contributed by atoms with Crippen LogP contribution in [0.4, 0.5) is 0 Å². The fourth-order valence-electron chi connectivity index (χ4n) is 1.42. The van der Waals surface area contributed by atoms with Gasteiger partial charge in [0, 0.05) is 11.0 Å². The second-order valence-electron chi connectivity index (χ2n) is 3.80. The van der Waals surface area contributed by atoms with Gasteiger partial charge >= 0.3 is 0 Å². The Kier molecular flexibility index (Phi) is 5.58. The topological polar surface area (TPSA) is 72.2 Å². The number of unbranched alkanes of at least 4 members (excludes halogenated alkanes) is 1. The molecule has 0 aliphatic heterocycles. The van der Waals surface area contributed by atoms with E-state index < -0.39 is 10.0 Å². The molecular formula is C11H17BrN2O2S. The molecule has 0 heterocycles. The summed E-state index contributed by atoms with van der Waals surface area (Å²) in [5.74, 6) is 0. The molecule has 3 N–H and O–H groups in total. The number of nitrogens with two attached hydrogens (primary N) is 1. The molecule has 0 aliphatic carbocycles. The van der Waals surface area contributed by atoms with Gasteiger partial charge in [-0.3, -0.25) is 0 Å². The van der Waals surface area contributed by atoms with Crippen molar-refractivity contribution in [1.29, 1.82) is 0 Å². The molecule has 0 unspecified atom stereocenters. The molecule has 0 bridgehead atoms. The molecule has 0 saturated heterocycles. The fourth-order valence-corrected chi connectivity index (χ4v) is 3.27. The van der Waals surface area contributed by atoms with Gasteiger partial charge in [0.05, 0.1) is 4.90 Å². The lowest BCUT2D eigenvalue weighted by Gasteiger charge is -2.09. The molecule has 1 rings (SSSR count). The molecule has 4 nitrogen and oxygen atoms in total. The van der Waals surface area contributed by atoms with Crippen LogP contribution < -0.4 is 10.5 Å². The molecule has 0 aliphatic rings. The van der Waals surface area contributed by atoms with Crippen LogP contribution in [0.5, 0.6) is 0 Å². The smallest absolute Gasteiger partial charge is 0.240 e. The minimum atomic E-state index is -3.41. The van der Waals surface area contributed by atoms with Crippen LogP contribution in [0.3, 0.4) is 0 Å². The maximum atomic E-state index is 12.0. The highest BCUT2D eigenvalue weighted by atomic mass is 79.9. The first-order valence-corrected chi connectivity index (χ1v) is 7.71. The van der Waals surface area contributed by atoms with E-state index in [1.807, 2.05) is 6.07 Å². The summed E-state index contributed by atoms with van der Waals surface area (Å²) in [4.78, 5) is 0.319. The molecule has 6 heteroatoms. The Labute approximate surface area is 111 Å². The summed E-state index contributed by atoms with van der Waals surface area (Å²) in [5, 5.41) is 0. The zero-order chi connectivity index (χ0) is 12.9. The van der Waals surface area contributed by atoms with E-state index in [0.29, 0.717) is 18.0 Å². The molecule has 1 aromatic rings. The minimum Gasteiger partial charge on any atom is -0.330 e. The summed E-state index contributed by atoms with van der Waals surface area (Å²) in [6.07, 6.45) is 1.57. The molecule has 0 radical (unpaired) electrons. The first-order chi connectivity index (χ1) is 7.97. The van der Waals surface area contributed by atoms with Crippen LogP contribution in [0.1, 0.15) is 18.4 Å². The normalized spacial score (nSPS) is 11.7. The van der Waals surface area contributed by atoms with E-state index in [4.69, 9.17) is 5.73 Å². The highest BCUT2D eigenvalue weighted by molar-refractivity contribution is 9.10. The van der Waals surface area contributed by atoms with Gasteiger partial charge in [0.1, 0.15) is 0 Å². The summed E-state index contributed by atoms with van der Waals surface area (Å²) >= 11 is 3.27. The molecule has 0 aromatic heterocycles. The van der Waals surface area contributed by atoms with Gasteiger partial charge in [-0.1, -0.05) is 22.0 Å². The molecule has 17 heavy (non-hydrogen) atoms. The SMILES string of the molecule is Cc1ccc(Br)cc1S(=O)(=O)NCCCCN. The van der Waals surface area contributed by atoms with Crippen LogP contribution in [0.25, 0.3) is 0 Å². The Bertz CT molecular complexity index is 474. The number of halogens is 1. The lowest BCUT2D eigenvalue weighted by atomic mass is 10.2. The molecule has 0 atom stereocenters. The summed E-state index contributed by atoms with van der Waals surface area (Å²) in [5.41, 5.74) is 6.09. The standard InChI is InChI=1S/C11H17BrN2O2S/c1-9-4-5-10(12)8-11(9)17(15,16)14-7-3-2-6-13/h4-5,8,14H,2-3,6-7,13H2,1H3. The van der Waals surface area contributed by atoms with E-state index in [1.165, 1.54) is 0 Å². The highest BCUT2D eigenvalue weighted by Crippen LogP contribution is 2.20. The number of rotatable bonds is 6. The predicted molar refractivity (Wildman–Crippen MR) is 72.4 cm³/mol. The van der Waals surface area contributed by atoms with E-state index in [1.54, 1.807) is 19.1 Å². The molecular weight excluding hydrogens is 304 g/mol. The number of benzene rings is 1. The molecule has 1 aromatic carbocycles. The van der Waals surface area contributed by atoms with Gasteiger partial charge in [0.2, 0.25) is 10.0 Å². The van der Waals surface area contributed by atoms with E-state index >= 15 is 0 Å². The van der Waals surface area contributed by atoms with Crippen molar-refractivity contribution in [3.8, 4) is 0 Å². The van der Waals surface area contributed by atoms with E-state index in [-0.39, 0.29) is 0 Å². The summed E-state index contributed by atoms with van der Waals surface area (Å²) < 4.78 is 27.3. The number of hydrogen-bond donors (Lipinski definition) is 2. The van der Waals surface area contributed by atoms with Gasteiger partial charge in [-0.05, 0) is 44.0 Å². The summed E-state index contributed by atoms with van der Waals surface area (Å²) in [7, 11) is -3.41. The van der Waals surface area contributed by atoms with Crippen molar-refractivity contribution in [1.82, 2.24) is 4.72 Å². The summed E-state index contributed by atoms with van der Waals surface area (Å²) in [6, 6.07) is 5.21. The summed E-state index contributed by atoms with van der Waals surface area (Å²) in [6.45, 7) is 2.78. The molecule has 96 valence electrons. The Morgan fingerprint density at radius 3 is 2.71 bits per heavy atom. The maximum Gasteiger partial charge on any atom is 0.240 e. The third-order valence-electron chi connectivity index (χ3n) is 2.36. The first-order valence-electron chi connectivity index (χ1n) is 5.43. The molecule has 0 spiro atoms. The van der Waals surface area contributed by atoms with Gasteiger partial charge in [-0.15, -0.1) is 0 Å². The zero-order valence-electron chi connectivity index (χ0n) is 9.74. The Balaban J connectivity index is 2.79. The number of hydrogen-bond acceptors (Lipinski definition) is 3. The fraction of sp³-hybridized carbons (Fsp3) is 0.455. The molecule has 0 fully saturated rings. The van der Waals surface area contributed by atoms with Crippen molar-refractivity contribution >= 4 is 26.0 Å². The van der Waals surface area contributed by atoms with Gasteiger partial charge in [-0.2, -0.15) is 0 Å². The van der Waals surface area contributed by atoms with Crippen LogP contribution in [-0.2, 0) is 10.0 Å². The zero-order valence-corrected chi connectivity index (χ0v) is 12.1. The Hall–Kier alpha value is -0.430. The van der Waals surface area contributed by atoms with Gasteiger partial charge in [0.15, 0.2) is 0 Å². The Morgan fingerprint density at radius 2 is 2.06 bits per heavy atom. The van der Waals surface area contributed by atoms with Gasteiger partial charge < -0.3 is 5.73 Å². The monoisotopic (exact) mass is 320 g/mol. The lowest BCUT2D eigenvalue weighted by molar-refractivity contribution is 0.576. The highest BCUT2D eigenvalue weighted by Gasteiger charge is 2.16. The first kappa shape index (κ1) is 14.6. The average Bonchev–Trinajstić information content (AvgIpc) is 2.28. The quantitative estimate of drug-likeness (QED) is 0.785. The van der Waals surface area contributed by atoms with Crippen molar-refractivity contribution in [2.24, 2.45) is 5.73 Å². The van der Waals surface area contributed by atoms with Crippen LogP contribution in [0.15, 0.2) is 27.6 Å². The van der Waals surface area contributed by atoms with Crippen molar-refractivity contribution < 1.29 is 8.42 Å². The number of sulfonamides is 1. The van der Waals surface area contributed by atoms with Crippen molar-refractivity contribution in [3.63, 3.8) is 0 Å². The van der Waals surface area contributed by atoms with Crippen molar-refractivity contribution in [3.05, 3.63) is 28.2 Å². The van der Waals surface area contributed by atoms with Gasteiger partial charge in [-0.25, -0.2) is 13.1 Å². The average molecular weight is 321 g/mol. The van der Waals surface area contributed by atoms with Crippen LogP contribution in [0, 0.1) is 6.92 Å². The van der Waals surface area contributed by atoms with Crippen LogP contribution in [0.2, 0.25) is 0 Å². The number of nitrogens with one attached hydrogen (secondary N) is 1. The maximum absolute atomic E-state index is 12.0. The largest absolute Gasteiger partial charge is 0.330 e. The van der Waals surface area contributed by atoms with E-state index in [0.717, 1.165) is 22.9 Å². The number of aryl methyl sites for hydroxylation is 1. The Morgan fingerprint density at radius 1 is 1.35 bits per heavy atom. The third-order valence-corrected chi connectivity index (χ3v) is 4.46. The van der Waals surface area contributed by atoms with Crippen molar-refractivity contribution in [2.75, 3.05) is 13.1 Å². The predicted octanol–water partition coefficient (Wildman–Crippen LogP) is 1.77. The molecule has 0 amide bonds. The second kappa shape index (κ2) is 6.49. The van der Waals surface area contributed by atoms with Crippen molar-refractivity contribution in [2.45, 2.75) is 24.7 Å². The second-order valence-corrected chi connectivity index (χ2v) is 6.45. The van der Waals surface area contributed by atoms with Crippen LogP contribution >= 0.6 is 15.9 Å². The third kappa shape index (κ3) is 4.39. The molecule has 0 saturated carbocycles. The minimum absolute atomic E-state index is 0.319.